The van der Waals surface area contributed by atoms with Gasteiger partial charge >= 0.3 is 0 Å². The van der Waals surface area contributed by atoms with Gasteiger partial charge < -0.3 is 0 Å². The van der Waals surface area contributed by atoms with Crippen LogP contribution < -0.4 is 4.72 Å². The fourth-order valence-electron chi connectivity index (χ4n) is 2.18. The molecule has 2 heterocycles. The Kier molecular flexibility index (Phi) is 5.71. The van der Waals surface area contributed by atoms with Gasteiger partial charge in [-0.3, -0.25) is 4.79 Å². The largest absolute Gasteiger partial charge is 0.288 e. The zero-order chi connectivity index (χ0) is 17.9. The summed E-state index contributed by atoms with van der Waals surface area (Å²) in [7, 11) is -3.52. The van der Waals surface area contributed by atoms with Crippen molar-refractivity contribution in [1.29, 1.82) is 0 Å². The van der Waals surface area contributed by atoms with Gasteiger partial charge in [-0.1, -0.05) is 29.8 Å². The number of sulfonamides is 1. The summed E-state index contributed by atoms with van der Waals surface area (Å²) < 4.78 is 27.0. The topological polar surface area (TPSA) is 63.2 Å². The summed E-state index contributed by atoms with van der Waals surface area (Å²) in [4.78, 5) is 13.6. The molecular weight excluding hydrogens is 398 g/mol. The van der Waals surface area contributed by atoms with Crippen LogP contribution in [0.5, 0.6) is 0 Å². The van der Waals surface area contributed by atoms with E-state index in [1.54, 1.807) is 47.8 Å². The Morgan fingerprint density at radius 2 is 1.92 bits per heavy atom. The molecule has 0 unspecified atom stereocenters. The van der Waals surface area contributed by atoms with Gasteiger partial charge in [-0.15, -0.1) is 11.3 Å². The van der Waals surface area contributed by atoms with Crippen molar-refractivity contribution in [3.8, 4) is 0 Å². The Morgan fingerprint density at radius 1 is 1.12 bits per heavy atom. The van der Waals surface area contributed by atoms with E-state index in [1.165, 1.54) is 22.7 Å². The average Bonchev–Trinajstić information content (AvgIpc) is 3.26. The lowest BCUT2D eigenvalue weighted by atomic mass is 10.2. The summed E-state index contributed by atoms with van der Waals surface area (Å²) in [6, 6.07) is 12.1. The van der Waals surface area contributed by atoms with Crippen molar-refractivity contribution >= 4 is 50.1 Å². The van der Waals surface area contributed by atoms with Crippen molar-refractivity contribution in [3.63, 3.8) is 0 Å². The van der Waals surface area contributed by atoms with Gasteiger partial charge in [0.05, 0.1) is 10.6 Å². The zero-order valence-corrected chi connectivity index (χ0v) is 16.1. The van der Waals surface area contributed by atoms with E-state index >= 15 is 0 Å². The van der Waals surface area contributed by atoms with Crippen LogP contribution >= 0.6 is 34.3 Å². The van der Waals surface area contributed by atoms with E-state index < -0.39 is 10.0 Å². The number of hydrogen-bond donors (Lipinski definition) is 1. The highest BCUT2D eigenvalue weighted by molar-refractivity contribution is 7.88. The molecule has 0 saturated heterocycles. The summed E-state index contributed by atoms with van der Waals surface area (Å²) in [5.41, 5.74) is 1.20. The first-order valence-electron chi connectivity index (χ1n) is 7.31. The molecule has 0 radical (unpaired) electrons. The second kappa shape index (κ2) is 7.80. The molecule has 0 aliphatic heterocycles. The van der Waals surface area contributed by atoms with E-state index in [0.29, 0.717) is 21.0 Å². The molecule has 130 valence electrons. The van der Waals surface area contributed by atoms with Gasteiger partial charge in [0, 0.05) is 27.4 Å². The number of rotatable bonds is 7. The van der Waals surface area contributed by atoms with Crippen LogP contribution in [0.15, 0.2) is 53.2 Å². The molecule has 0 spiro atoms. The normalized spacial score (nSPS) is 11.6. The van der Waals surface area contributed by atoms with Crippen LogP contribution in [0.4, 0.5) is 0 Å². The molecule has 0 aliphatic rings. The summed E-state index contributed by atoms with van der Waals surface area (Å²) in [6.07, 6.45) is 0. The Hall–Kier alpha value is -1.51. The van der Waals surface area contributed by atoms with Crippen LogP contribution in [0.3, 0.4) is 0 Å². The molecule has 8 heteroatoms. The Labute approximate surface area is 159 Å². The molecule has 3 rings (SSSR count). The van der Waals surface area contributed by atoms with Crippen molar-refractivity contribution in [2.45, 2.75) is 12.3 Å². The maximum Gasteiger partial charge on any atom is 0.216 e. The summed E-state index contributed by atoms with van der Waals surface area (Å²) in [5, 5.41) is 4.08. The van der Waals surface area contributed by atoms with E-state index in [-0.39, 0.29) is 18.1 Å². The van der Waals surface area contributed by atoms with Gasteiger partial charge in [-0.25, -0.2) is 13.1 Å². The fraction of sp³-hybridized carbons (Fsp3) is 0.118. The number of ketones is 1. The zero-order valence-electron chi connectivity index (χ0n) is 12.9. The number of carbonyl (C=O) groups is 1. The summed E-state index contributed by atoms with van der Waals surface area (Å²) >= 11 is 8.77. The standard InChI is InChI=1S/C17H14ClNO3S3/c18-15-4-2-1-3-13(15)11-25(21,22)19-9-14-5-6-16(24-14)17(20)12-7-8-23-10-12/h1-8,10,19H,9,11H2. The van der Waals surface area contributed by atoms with Crippen LogP contribution in [0.25, 0.3) is 0 Å². The predicted molar refractivity (Wildman–Crippen MR) is 103 cm³/mol. The van der Waals surface area contributed by atoms with Gasteiger partial charge in [0.15, 0.2) is 0 Å². The van der Waals surface area contributed by atoms with Gasteiger partial charge in [-0.2, -0.15) is 11.3 Å². The van der Waals surface area contributed by atoms with Gasteiger partial charge in [0.2, 0.25) is 15.8 Å². The summed E-state index contributed by atoms with van der Waals surface area (Å²) in [6.45, 7) is 0.147. The number of thiophene rings is 2. The number of nitrogens with one attached hydrogen (secondary N) is 1. The lowest BCUT2D eigenvalue weighted by Gasteiger charge is -2.07. The Bertz CT molecular complexity index is 978. The van der Waals surface area contributed by atoms with Crippen LogP contribution in [0.1, 0.15) is 25.7 Å². The minimum absolute atomic E-state index is 0.0450. The minimum atomic E-state index is -3.52. The third-order valence-corrected chi connectivity index (χ3v) is 6.85. The van der Waals surface area contributed by atoms with Crippen LogP contribution in [-0.2, 0) is 22.3 Å². The van der Waals surface area contributed by atoms with E-state index in [9.17, 15) is 13.2 Å². The predicted octanol–water partition coefficient (Wildman–Crippen LogP) is 4.31. The first kappa shape index (κ1) is 18.3. The van der Waals surface area contributed by atoms with Gasteiger partial charge in [-0.05, 0) is 35.2 Å². The van der Waals surface area contributed by atoms with Crippen molar-refractivity contribution < 1.29 is 13.2 Å². The average molecular weight is 412 g/mol. The molecule has 0 fully saturated rings. The molecule has 4 nitrogen and oxygen atoms in total. The van der Waals surface area contributed by atoms with Crippen LogP contribution in [0.2, 0.25) is 5.02 Å². The molecule has 0 amide bonds. The SMILES string of the molecule is O=C(c1ccsc1)c1ccc(CNS(=O)(=O)Cc2ccccc2Cl)s1. The van der Waals surface area contributed by atoms with E-state index in [2.05, 4.69) is 4.72 Å². The highest BCUT2D eigenvalue weighted by atomic mass is 35.5. The molecule has 3 aromatic rings. The molecule has 0 aliphatic carbocycles. The Balaban J connectivity index is 1.64. The van der Waals surface area contributed by atoms with Crippen molar-refractivity contribution in [2.75, 3.05) is 0 Å². The second-order valence-electron chi connectivity index (χ2n) is 5.28. The van der Waals surface area contributed by atoms with Gasteiger partial charge in [0.25, 0.3) is 0 Å². The first-order chi connectivity index (χ1) is 11.9. The maximum atomic E-state index is 12.3. The lowest BCUT2D eigenvalue weighted by molar-refractivity contribution is 0.104. The minimum Gasteiger partial charge on any atom is -0.288 e. The van der Waals surface area contributed by atoms with Gasteiger partial charge in [0.1, 0.15) is 0 Å². The lowest BCUT2D eigenvalue weighted by Crippen LogP contribution is -2.24. The number of carbonyl (C=O) groups excluding carboxylic acids is 1. The monoisotopic (exact) mass is 411 g/mol. The number of benzene rings is 1. The highest BCUT2D eigenvalue weighted by Gasteiger charge is 2.16. The molecule has 0 bridgehead atoms. The van der Waals surface area contributed by atoms with Crippen molar-refractivity contribution in [1.82, 2.24) is 4.72 Å². The smallest absolute Gasteiger partial charge is 0.216 e. The number of hydrogen-bond acceptors (Lipinski definition) is 5. The third kappa shape index (κ3) is 4.77. The highest BCUT2D eigenvalue weighted by Crippen LogP contribution is 2.22. The second-order valence-corrected chi connectivity index (χ2v) is 9.44. The van der Waals surface area contributed by atoms with E-state index in [0.717, 1.165) is 4.88 Å². The van der Waals surface area contributed by atoms with E-state index in [4.69, 9.17) is 11.6 Å². The first-order valence-corrected chi connectivity index (χ1v) is 11.1. The van der Waals surface area contributed by atoms with Crippen molar-refractivity contribution in [3.05, 3.63) is 79.1 Å². The maximum absolute atomic E-state index is 12.3. The fourth-order valence-corrected chi connectivity index (χ4v) is 5.24. The van der Waals surface area contributed by atoms with E-state index in [1.807, 2.05) is 5.38 Å². The molecule has 1 aromatic carbocycles. The molecule has 1 N–H and O–H groups in total. The summed E-state index contributed by atoms with van der Waals surface area (Å²) in [5.74, 6) is -0.227. The molecular formula is C17H14ClNO3S3. The van der Waals surface area contributed by atoms with Crippen LogP contribution in [0, 0.1) is 0 Å². The Morgan fingerprint density at radius 3 is 2.64 bits per heavy atom. The molecule has 0 saturated carbocycles. The molecule has 0 atom stereocenters. The van der Waals surface area contributed by atoms with Crippen molar-refractivity contribution in [2.24, 2.45) is 0 Å². The molecule has 2 aromatic heterocycles. The number of halogens is 1. The third-order valence-electron chi connectivity index (χ3n) is 3.44. The quantitative estimate of drug-likeness (QED) is 0.589. The molecule has 25 heavy (non-hydrogen) atoms. The van der Waals surface area contributed by atoms with Crippen LogP contribution in [-0.4, -0.2) is 14.2 Å².